The van der Waals surface area contributed by atoms with E-state index in [1.165, 1.54) is 24.8 Å². The van der Waals surface area contributed by atoms with Crippen LogP contribution >= 0.6 is 0 Å². The molecule has 0 amide bonds. The van der Waals surface area contributed by atoms with E-state index in [9.17, 15) is 0 Å². The molecule has 0 radical (unpaired) electrons. The highest BCUT2D eigenvalue weighted by Gasteiger charge is 2.06. The molecule has 2 N–H and O–H groups in total. The summed E-state index contributed by atoms with van der Waals surface area (Å²) in [5, 5.41) is 0. The van der Waals surface area contributed by atoms with E-state index in [4.69, 9.17) is 10.5 Å². The molecule has 1 unspecified atom stereocenters. The van der Waals surface area contributed by atoms with E-state index >= 15 is 0 Å². The molecule has 0 spiro atoms. The minimum atomic E-state index is 0.796. The Morgan fingerprint density at radius 3 is 2.75 bits per heavy atom. The highest BCUT2D eigenvalue weighted by atomic mass is 16.5. The summed E-state index contributed by atoms with van der Waals surface area (Å²) in [6.07, 6.45) is 4.95. The van der Waals surface area contributed by atoms with Gasteiger partial charge in [0.2, 0.25) is 0 Å². The summed E-state index contributed by atoms with van der Waals surface area (Å²) in [6, 6.07) is 8.31. The molecule has 0 aliphatic rings. The van der Waals surface area contributed by atoms with Gasteiger partial charge in [0.1, 0.15) is 5.75 Å². The standard InChI is InChI=1S/C17H30N2O/c1-4-15(10-11-18)8-6-12-19(2)14-16-7-5-9-17(13-16)20-3/h5,7,9,13,15H,4,6,8,10-12,14,18H2,1-3H3. The van der Waals surface area contributed by atoms with Gasteiger partial charge in [0.05, 0.1) is 7.11 Å². The predicted octanol–water partition coefficient (Wildman–Crippen LogP) is 3.28. The van der Waals surface area contributed by atoms with Crippen molar-refractivity contribution in [3.8, 4) is 5.75 Å². The van der Waals surface area contributed by atoms with Gasteiger partial charge in [-0.15, -0.1) is 0 Å². The van der Waals surface area contributed by atoms with Crippen molar-refractivity contribution in [2.45, 2.75) is 39.2 Å². The molecule has 0 heterocycles. The first kappa shape index (κ1) is 17.0. The lowest BCUT2D eigenvalue weighted by atomic mass is 9.96. The maximum atomic E-state index is 5.64. The van der Waals surface area contributed by atoms with Crippen LogP contribution in [0.3, 0.4) is 0 Å². The number of benzene rings is 1. The van der Waals surface area contributed by atoms with Crippen molar-refractivity contribution in [2.75, 3.05) is 27.2 Å². The molecule has 0 saturated carbocycles. The maximum Gasteiger partial charge on any atom is 0.119 e. The fraction of sp³-hybridized carbons (Fsp3) is 0.647. The SMILES string of the molecule is CCC(CCN)CCCN(C)Cc1cccc(OC)c1. The van der Waals surface area contributed by atoms with Crippen LogP contribution in [0.25, 0.3) is 0 Å². The van der Waals surface area contributed by atoms with E-state index in [0.29, 0.717) is 0 Å². The van der Waals surface area contributed by atoms with E-state index < -0.39 is 0 Å². The molecule has 114 valence electrons. The molecule has 1 aromatic carbocycles. The minimum Gasteiger partial charge on any atom is -0.497 e. The molecule has 1 aromatic rings. The third kappa shape index (κ3) is 6.40. The zero-order valence-corrected chi connectivity index (χ0v) is 13.3. The Bertz CT molecular complexity index is 368. The minimum absolute atomic E-state index is 0.796. The van der Waals surface area contributed by atoms with E-state index in [-0.39, 0.29) is 0 Å². The molecule has 0 aliphatic carbocycles. The molecular weight excluding hydrogens is 248 g/mol. The van der Waals surface area contributed by atoms with Gasteiger partial charge in [-0.1, -0.05) is 25.5 Å². The average molecular weight is 278 g/mol. The van der Waals surface area contributed by atoms with Gasteiger partial charge in [0, 0.05) is 6.54 Å². The second-order valence-corrected chi connectivity index (χ2v) is 5.58. The summed E-state index contributed by atoms with van der Waals surface area (Å²) in [5.74, 6) is 1.73. The predicted molar refractivity (Wildman–Crippen MR) is 86.0 cm³/mol. The summed E-state index contributed by atoms with van der Waals surface area (Å²) in [5.41, 5.74) is 6.95. The number of nitrogens with zero attached hydrogens (tertiary/aromatic N) is 1. The fourth-order valence-corrected chi connectivity index (χ4v) is 2.60. The fourth-order valence-electron chi connectivity index (χ4n) is 2.60. The number of rotatable bonds is 10. The number of methoxy groups -OCH3 is 1. The molecule has 20 heavy (non-hydrogen) atoms. The lowest BCUT2D eigenvalue weighted by Gasteiger charge is -2.19. The highest BCUT2D eigenvalue weighted by Crippen LogP contribution is 2.16. The molecule has 0 bridgehead atoms. The van der Waals surface area contributed by atoms with Gasteiger partial charge >= 0.3 is 0 Å². The van der Waals surface area contributed by atoms with Gasteiger partial charge < -0.3 is 15.4 Å². The first-order valence-corrected chi connectivity index (χ1v) is 7.71. The Kier molecular flexibility index (Phi) is 8.31. The van der Waals surface area contributed by atoms with Gasteiger partial charge in [-0.05, 0) is 63.0 Å². The maximum absolute atomic E-state index is 5.64. The molecule has 3 heteroatoms. The van der Waals surface area contributed by atoms with Crippen LogP contribution in [0.5, 0.6) is 5.75 Å². The monoisotopic (exact) mass is 278 g/mol. The second-order valence-electron chi connectivity index (χ2n) is 5.58. The molecule has 0 aliphatic heterocycles. The zero-order valence-electron chi connectivity index (χ0n) is 13.3. The van der Waals surface area contributed by atoms with Gasteiger partial charge in [-0.25, -0.2) is 0 Å². The van der Waals surface area contributed by atoms with Crippen molar-refractivity contribution in [3.05, 3.63) is 29.8 Å². The first-order chi connectivity index (χ1) is 9.69. The molecule has 1 rings (SSSR count). The van der Waals surface area contributed by atoms with Crippen molar-refractivity contribution in [2.24, 2.45) is 11.7 Å². The van der Waals surface area contributed by atoms with Crippen LogP contribution in [0.4, 0.5) is 0 Å². The third-order valence-electron chi connectivity index (χ3n) is 3.89. The van der Waals surface area contributed by atoms with Crippen LogP contribution in [0, 0.1) is 5.92 Å². The average Bonchev–Trinajstić information content (AvgIpc) is 2.46. The van der Waals surface area contributed by atoms with Crippen LogP contribution in [-0.4, -0.2) is 32.1 Å². The molecule has 3 nitrogen and oxygen atoms in total. The molecule has 1 atom stereocenters. The van der Waals surface area contributed by atoms with E-state index in [2.05, 4.69) is 37.1 Å². The summed E-state index contributed by atoms with van der Waals surface area (Å²) < 4.78 is 5.26. The van der Waals surface area contributed by atoms with Gasteiger partial charge in [0.15, 0.2) is 0 Å². The van der Waals surface area contributed by atoms with Crippen molar-refractivity contribution in [3.63, 3.8) is 0 Å². The van der Waals surface area contributed by atoms with Crippen LogP contribution in [-0.2, 0) is 6.54 Å². The Balaban J connectivity index is 2.30. The lowest BCUT2D eigenvalue weighted by Crippen LogP contribution is -2.20. The Labute approximate surface area is 124 Å². The second kappa shape index (κ2) is 9.78. The van der Waals surface area contributed by atoms with E-state index in [1.807, 2.05) is 6.07 Å². The summed E-state index contributed by atoms with van der Waals surface area (Å²) in [4.78, 5) is 2.38. The summed E-state index contributed by atoms with van der Waals surface area (Å²) in [6.45, 7) is 5.20. The van der Waals surface area contributed by atoms with Crippen LogP contribution in [0.15, 0.2) is 24.3 Å². The number of hydrogen-bond donors (Lipinski definition) is 1. The van der Waals surface area contributed by atoms with E-state index in [1.54, 1.807) is 7.11 Å². The van der Waals surface area contributed by atoms with Crippen molar-refractivity contribution in [1.82, 2.24) is 4.90 Å². The third-order valence-corrected chi connectivity index (χ3v) is 3.89. The van der Waals surface area contributed by atoms with Crippen LogP contribution in [0.2, 0.25) is 0 Å². The molecule has 0 fully saturated rings. The van der Waals surface area contributed by atoms with Crippen molar-refractivity contribution < 1.29 is 4.74 Å². The normalized spacial score (nSPS) is 12.7. The topological polar surface area (TPSA) is 38.5 Å². The largest absolute Gasteiger partial charge is 0.497 e. The molecule has 0 aromatic heterocycles. The Morgan fingerprint density at radius 1 is 1.30 bits per heavy atom. The van der Waals surface area contributed by atoms with Crippen LogP contribution in [0.1, 0.15) is 38.2 Å². The quantitative estimate of drug-likeness (QED) is 0.714. The molecule has 0 saturated heterocycles. The van der Waals surface area contributed by atoms with Crippen molar-refractivity contribution >= 4 is 0 Å². The smallest absolute Gasteiger partial charge is 0.119 e. The zero-order chi connectivity index (χ0) is 14.8. The van der Waals surface area contributed by atoms with Crippen LogP contribution < -0.4 is 10.5 Å². The van der Waals surface area contributed by atoms with Gasteiger partial charge in [-0.2, -0.15) is 0 Å². The Hall–Kier alpha value is -1.06. The first-order valence-electron chi connectivity index (χ1n) is 7.71. The summed E-state index contributed by atoms with van der Waals surface area (Å²) >= 11 is 0. The number of ether oxygens (including phenoxy) is 1. The Morgan fingerprint density at radius 2 is 2.10 bits per heavy atom. The van der Waals surface area contributed by atoms with Gasteiger partial charge in [0.25, 0.3) is 0 Å². The lowest BCUT2D eigenvalue weighted by molar-refractivity contribution is 0.300. The van der Waals surface area contributed by atoms with E-state index in [0.717, 1.165) is 37.7 Å². The highest BCUT2D eigenvalue weighted by molar-refractivity contribution is 5.28. The number of nitrogens with two attached hydrogens (primary N) is 1. The van der Waals surface area contributed by atoms with Gasteiger partial charge in [-0.3, -0.25) is 0 Å². The number of hydrogen-bond acceptors (Lipinski definition) is 3. The summed E-state index contributed by atoms with van der Waals surface area (Å²) in [7, 11) is 3.90. The van der Waals surface area contributed by atoms with Crippen molar-refractivity contribution in [1.29, 1.82) is 0 Å². The molecular formula is C17H30N2O.